The van der Waals surface area contributed by atoms with Crippen LogP contribution in [0.5, 0.6) is 11.5 Å². The second-order valence-corrected chi connectivity index (χ2v) is 5.24. The SMILES string of the molecule is CCc1ccc(CNc2ccc3c(c2)OCCCO3)cc1. The molecule has 3 rings (SSSR count). The number of hydrogen-bond acceptors (Lipinski definition) is 3. The summed E-state index contributed by atoms with van der Waals surface area (Å²) in [5, 5.41) is 3.43. The molecule has 1 aliphatic rings. The van der Waals surface area contributed by atoms with Crippen molar-refractivity contribution in [2.75, 3.05) is 18.5 Å². The van der Waals surface area contributed by atoms with Gasteiger partial charge in [-0.3, -0.25) is 0 Å². The van der Waals surface area contributed by atoms with Crippen LogP contribution in [0.1, 0.15) is 24.5 Å². The fourth-order valence-electron chi connectivity index (χ4n) is 2.37. The number of aryl methyl sites for hydroxylation is 1. The van der Waals surface area contributed by atoms with Crippen LogP contribution in [0.25, 0.3) is 0 Å². The van der Waals surface area contributed by atoms with Crippen molar-refractivity contribution < 1.29 is 9.47 Å². The maximum absolute atomic E-state index is 5.71. The van der Waals surface area contributed by atoms with E-state index >= 15 is 0 Å². The Kier molecular flexibility index (Phi) is 4.29. The number of fused-ring (bicyclic) bond motifs is 1. The average Bonchev–Trinajstić information content (AvgIpc) is 2.78. The standard InChI is InChI=1S/C18H21NO2/c1-2-14-4-6-15(7-5-14)13-19-16-8-9-17-18(12-16)21-11-3-10-20-17/h4-9,12,19H,2-3,10-11,13H2,1H3. The normalized spacial score (nSPS) is 13.6. The summed E-state index contributed by atoms with van der Waals surface area (Å²) in [5.41, 5.74) is 3.70. The van der Waals surface area contributed by atoms with Crippen LogP contribution in [-0.2, 0) is 13.0 Å². The molecule has 0 aromatic heterocycles. The van der Waals surface area contributed by atoms with Crippen molar-refractivity contribution in [1.82, 2.24) is 0 Å². The third-order valence-electron chi connectivity index (χ3n) is 3.68. The lowest BCUT2D eigenvalue weighted by atomic mass is 10.1. The van der Waals surface area contributed by atoms with E-state index < -0.39 is 0 Å². The molecule has 0 fully saturated rings. The van der Waals surface area contributed by atoms with Gasteiger partial charge in [-0.05, 0) is 29.7 Å². The van der Waals surface area contributed by atoms with Crippen molar-refractivity contribution in [3.8, 4) is 11.5 Å². The minimum absolute atomic E-state index is 0.717. The highest BCUT2D eigenvalue weighted by atomic mass is 16.5. The zero-order valence-corrected chi connectivity index (χ0v) is 12.4. The molecule has 0 amide bonds. The summed E-state index contributed by atoms with van der Waals surface area (Å²) < 4.78 is 11.3. The third-order valence-corrected chi connectivity index (χ3v) is 3.68. The largest absolute Gasteiger partial charge is 0.490 e. The molecule has 1 N–H and O–H groups in total. The van der Waals surface area contributed by atoms with Gasteiger partial charge in [0.25, 0.3) is 0 Å². The lowest BCUT2D eigenvalue weighted by Crippen LogP contribution is -2.00. The summed E-state index contributed by atoms with van der Waals surface area (Å²) in [4.78, 5) is 0. The van der Waals surface area contributed by atoms with E-state index in [1.165, 1.54) is 11.1 Å². The van der Waals surface area contributed by atoms with E-state index in [0.717, 1.165) is 49.8 Å². The molecule has 2 aromatic carbocycles. The zero-order chi connectivity index (χ0) is 14.5. The Morgan fingerprint density at radius 2 is 1.62 bits per heavy atom. The monoisotopic (exact) mass is 283 g/mol. The third kappa shape index (κ3) is 3.48. The van der Waals surface area contributed by atoms with Gasteiger partial charge >= 0.3 is 0 Å². The van der Waals surface area contributed by atoms with E-state index in [-0.39, 0.29) is 0 Å². The molecule has 2 aromatic rings. The number of benzene rings is 2. The predicted octanol–water partition coefficient (Wildman–Crippen LogP) is 4.02. The molecule has 0 atom stereocenters. The minimum Gasteiger partial charge on any atom is -0.490 e. The summed E-state index contributed by atoms with van der Waals surface area (Å²) >= 11 is 0. The Morgan fingerprint density at radius 1 is 0.905 bits per heavy atom. The quantitative estimate of drug-likeness (QED) is 0.919. The first-order chi connectivity index (χ1) is 10.3. The molecule has 3 heteroatoms. The number of rotatable bonds is 4. The van der Waals surface area contributed by atoms with Gasteiger partial charge in [0.1, 0.15) is 0 Å². The van der Waals surface area contributed by atoms with Crippen molar-refractivity contribution in [2.45, 2.75) is 26.3 Å². The molecule has 0 bridgehead atoms. The highest BCUT2D eigenvalue weighted by Gasteiger charge is 2.10. The summed E-state index contributed by atoms with van der Waals surface area (Å²) in [6, 6.07) is 14.7. The first kappa shape index (κ1) is 13.8. The van der Waals surface area contributed by atoms with E-state index in [4.69, 9.17) is 9.47 Å². The maximum Gasteiger partial charge on any atom is 0.163 e. The summed E-state index contributed by atoms with van der Waals surface area (Å²) in [5.74, 6) is 1.67. The van der Waals surface area contributed by atoms with E-state index in [1.807, 2.05) is 18.2 Å². The van der Waals surface area contributed by atoms with Crippen LogP contribution in [0.4, 0.5) is 5.69 Å². The Labute approximate surface area is 125 Å². The highest BCUT2D eigenvalue weighted by Crippen LogP contribution is 2.32. The van der Waals surface area contributed by atoms with Crippen molar-refractivity contribution in [3.63, 3.8) is 0 Å². The van der Waals surface area contributed by atoms with Gasteiger partial charge in [0.05, 0.1) is 13.2 Å². The van der Waals surface area contributed by atoms with E-state index in [0.29, 0.717) is 0 Å². The molecule has 0 spiro atoms. The maximum atomic E-state index is 5.71. The summed E-state index contributed by atoms with van der Waals surface area (Å²) in [7, 11) is 0. The molecule has 1 heterocycles. The van der Waals surface area contributed by atoms with Crippen LogP contribution in [-0.4, -0.2) is 13.2 Å². The van der Waals surface area contributed by atoms with Gasteiger partial charge in [-0.2, -0.15) is 0 Å². The molecule has 0 aliphatic carbocycles. The van der Waals surface area contributed by atoms with E-state index in [2.05, 4.69) is 36.5 Å². The van der Waals surface area contributed by atoms with Gasteiger partial charge in [-0.15, -0.1) is 0 Å². The zero-order valence-electron chi connectivity index (χ0n) is 12.4. The Balaban J connectivity index is 1.66. The highest BCUT2D eigenvalue weighted by molar-refractivity contribution is 5.55. The Morgan fingerprint density at radius 3 is 2.38 bits per heavy atom. The molecule has 21 heavy (non-hydrogen) atoms. The predicted molar refractivity (Wildman–Crippen MR) is 85.2 cm³/mol. The molecular formula is C18H21NO2. The van der Waals surface area contributed by atoms with Gasteiger partial charge in [0.2, 0.25) is 0 Å². The van der Waals surface area contributed by atoms with Crippen LogP contribution < -0.4 is 14.8 Å². The second kappa shape index (κ2) is 6.53. The van der Waals surface area contributed by atoms with Gasteiger partial charge in [-0.25, -0.2) is 0 Å². The van der Waals surface area contributed by atoms with Crippen molar-refractivity contribution in [2.24, 2.45) is 0 Å². The van der Waals surface area contributed by atoms with Crippen LogP contribution in [0.3, 0.4) is 0 Å². The smallest absolute Gasteiger partial charge is 0.163 e. The van der Waals surface area contributed by atoms with Crippen molar-refractivity contribution in [1.29, 1.82) is 0 Å². The van der Waals surface area contributed by atoms with Gasteiger partial charge < -0.3 is 14.8 Å². The number of ether oxygens (including phenoxy) is 2. The summed E-state index contributed by atoms with van der Waals surface area (Å²) in [6.45, 7) is 4.42. The van der Waals surface area contributed by atoms with Crippen LogP contribution in [0.15, 0.2) is 42.5 Å². The minimum atomic E-state index is 0.717. The second-order valence-electron chi connectivity index (χ2n) is 5.24. The fraction of sp³-hybridized carbons (Fsp3) is 0.333. The van der Waals surface area contributed by atoms with Crippen LogP contribution in [0.2, 0.25) is 0 Å². The Hall–Kier alpha value is -2.16. The lowest BCUT2D eigenvalue weighted by Gasteiger charge is -2.11. The molecule has 3 nitrogen and oxygen atoms in total. The van der Waals surface area contributed by atoms with E-state index in [1.54, 1.807) is 0 Å². The topological polar surface area (TPSA) is 30.5 Å². The molecule has 0 unspecified atom stereocenters. The number of anilines is 1. The molecule has 0 saturated heterocycles. The van der Waals surface area contributed by atoms with Gasteiger partial charge in [0.15, 0.2) is 11.5 Å². The van der Waals surface area contributed by atoms with E-state index in [9.17, 15) is 0 Å². The first-order valence-electron chi connectivity index (χ1n) is 7.56. The van der Waals surface area contributed by atoms with Gasteiger partial charge in [-0.1, -0.05) is 31.2 Å². The Bertz CT molecular complexity index is 593. The fourth-order valence-corrected chi connectivity index (χ4v) is 2.37. The molecule has 1 aliphatic heterocycles. The molecular weight excluding hydrogens is 262 g/mol. The van der Waals surface area contributed by atoms with Crippen LogP contribution >= 0.6 is 0 Å². The number of nitrogens with one attached hydrogen (secondary N) is 1. The molecule has 0 radical (unpaired) electrons. The molecule has 0 saturated carbocycles. The average molecular weight is 283 g/mol. The van der Waals surface area contributed by atoms with Crippen molar-refractivity contribution >= 4 is 5.69 Å². The van der Waals surface area contributed by atoms with Crippen molar-refractivity contribution in [3.05, 3.63) is 53.6 Å². The lowest BCUT2D eigenvalue weighted by molar-refractivity contribution is 0.297. The first-order valence-corrected chi connectivity index (χ1v) is 7.56. The van der Waals surface area contributed by atoms with Gasteiger partial charge in [0, 0.05) is 24.7 Å². The summed E-state index contributed by atoms with van der Waals surface area (Å²) in [6.07, 6.45) is 2.01. The number of hydrogen-bond donors (Lipinski definition) is 1. The molecule has 110 valence electrons. The van der Waals surface area contributed by atoms with Crippen LogP contribution in [0, 0.1) is 0 Å².